The Bertz CT molecular complexity index is 1170. The second-order valence-electron chi connectivity index (χ2n) is 6.24. The van der Waals surface area contributed by atoms with E-state index in [4.69, 9.17) is 0 Å². The average Bonchev–Trinajstić information content (AvgIpc) is 3.04. The summed E-state index contributed by atoms with van der Waals surface area (Å²) in [6.07, 6.45) is 1.62. The van der Waals surface area contributed by atoms with Gasteiger partial charge in [-0.3, -0.25) is 23.9 Å². The highest BCUT2D eigenvalue weighted by molar-refractivity contribution is 7.16. The molecule has 6 nitrogen and oxygen atoms in total. The monoisotopic (exact) mass is 383 g/mol. The van der Waals surface area contributed by atoms with E-state index in [9.17, 15) is 18.8 Å². The number of aromatic nitrogens is 2. The van der Waals surface area contributed by atoms with Gasteiger partial charge in [0, 0.05) is 17.3 Å². The van der Waals surface area contributed by atoms with Crippen molar-refractivity contribution in [3.8, 4) is 0 Å². The number of imide groups is 1. The van der Waals surface area contributed by atoms with E-state index in [1.54, 1.807) is 18.3 Å². The van der Waals surface area contributed by atoms with Crippen molar-refractivity contribution in [3.05, 3.63) is 68.9 Å². The van der Waals surface area contributed by atoms with Crippen molar-refractivity contribution in [2.75, 3.05) is 4.90 Å². The lowest BCUT2D eigenvalue weighted by molar-refractivity contribution is -0.120. The van der Waals surface area contributed by atoms with E-state index < -0.39 is 17.6 Å². The van der Waals surface area contributed by atoms with Crippen LogP contribution in [0.25, 0.3) is 10.2 Å². The van der Waals surface area contributed by atoms with Crippen LogP contribution in [0.4, 0.5) is 10.1 Å². The van der Waals surface area contributed by atoms with Crippen molar-refractivity contribution >= 4 is 39.1 Å². The van der Waals surface area contributed by atoms with Gasteiger partial charge >= 0.3 is 4.87 Å². The van der Waals surface area contributed by atoms with Crippen molar-refractivity contribution in [3.63, 3.8) is 0 Å². The number of amides is 2. The molecule has 0 atom stereocenters. The zero-order valence-electron chi connectivity index (χ0n) is 14.5. The van der Waals surface area contributed by atoms with E-state index in [1.807, 2.05) is 6.07 Å². The standard InChI is InChI=1S/C19H14FN3O3S/c1-10-11(2)18(25)23(17(10)24)14-8-15-16(7-13(14)20)27-19(26)22(15)9-12-5-3-4-6-21-12/h3-8H,9H2,1-2H3. The largest absolute Gasteiger partial charge is 0.308 e. The Kier molecular flexibility index (Phi) is 4.00. The molecule has 0 bridgehead atoms. The van der Waals surface area contributed by atoms with Crippen LogP contribution in [0.1, 0.15) is 19.5 Å². The molecule has 2 aromatic heterocycles. The van der Waals surface area contributed by atoms with Gasteiger partial charge in [-0.1, -0.05) is 17.4 Å². The highest BCUT2D eigenvalue weighted by atomic mass is 32.1. The van der Waals surface area contributed by atoms with Gasteiger partial charge in [0.15, 0.2) is 0 Å². The van der Waals surface area contributed by atoms with E-state index in [1.165, 1.54) is 30.5 Å². The van der Waals surface area contributed by atoms with Gasteiger partial charge in [-0.05, 0) is 38.1 Å². The lowest BCUT2D eigenvalue weighted by Crippen LogP contribution is -2.32. The first-order chi connectivity index (χ1) is 12.9. The molecule has 4 rings (SSSR count). The molecule has 27 heavy (non-hydrogen) atoms. The van der Waals surface area contributed by atoms with E-state index >= 15 is 0 Å². The first kappa shape index (κ1) is 17.3. The summed E-state index contributed by atoms with van der Waals surface area (Å²) >= 11 is 0.907. The molecule has 1 aliphatic rings. The van der Waals surface area contributed by atoms with Crippen molar-refractivity contribution in [1.29, 1.82) is 0 Å². The minimum atomic E-state index is -0.724. The van der Waals surface area contributed by atoms with Crippen LogP contribution in [0.5, 0.6) is 0 Å². The molecule has 8 heteroatoms. The van der Waals surface area contributed by atoms with Gasteiger partial charge in [0.2, 0.25) is 0 Å². The molecule has 2 amide bonds. The van der Waals surface area contributed by atoms with Crippen LogP contribution in [0.2, 0.25) is 0 Å². The van der Waals surface area contributed by atoms with Gasteiger partial charge in [-0.25, -0.2) is 9.29 Å². The number of benzene rings is 1. The Morgan fingerprint density at radius 2 is 1.78 bits per heavy atom. The molecule has 1 aliphatic heterocycles. The van der Waals surface area contributed by atoms with Gasteiger partial charge in [-0.15, -0.1) is 0 Å². The first-order valence-electron chi connectivity index (χ1n) is 8.17. The first-order valence-corrected chi connectivity index (χ1v) is 8.99. The molecule has 136 valence electrons. The van der Waals surface area contributed by atoms with Crippen LogP contribution >= 0.6 is 11.3 Å². The topological polar surface area (TPSA) is 72.3 Å². The summed E-state index contributed by atoms with van der Waals surface area (Å²) in [6.45, 7) is 3.28. The molecule has 0 aliphatic carbocycles. The Balaban J connectivity index is 1.86. The van der Waals surface area contributed by atoms with E-state index in [-0.39, 0.29) is 28.3 Å². The van der Waals surface area contributed by atoms with Gasteiger partial charge in [-0.2, -0.15) is 0 Å². The van der Waals surface area contributed by atoms with Gasteiger partial charge < -0.3 is 0 Å². The predicted octanol–water partition coefficient (Wildman–Crippen LogP) is 2.86. The van der Waals surface area contributed by atoms with E-state index in [0.717, 1.165) is 16.2 Å². The maximum absolute atomic E-state index is 14.7. The summed E-state index contributed by atoms with van der Waals surface area (Å²) < 4.78 is 16.6. The molecule has 0 N–H and O–H groups in total. The minimum Gasteiger partial charge on any atom is -0.293 e. The number of halogens is 1. The number of hydrogen-bond acceptors (Lipinski definition) is 5. The maximum atomic E-state index is 14.7. The Hall–Kier alpha value is -3.13. The molecule has 1 aromatic carbocycles. The molecular weight excluding hydrogens is 369 g/mol. The molecule has 0 radical (unpaired) electrons. The van der Waals surface area contributed by atoms with Crippen LogP contribution in [-0.4, -0.2) is 21.4 Å². The fraction of sp³-hybridized carbons (Fsp3) is 0.158. The summed E-state index contributed by atoms with van der Waals surface area (Å²) in [7, 11) is 0. The predicted molar refractivity (Wildman–Crippen MR) is 100 cm³/mol. The number of pyridine rings is 1. The Labute approximate surface area is 157 Å². The molecule has 3 heterocycles. The Morgan fingerprint density at radius 1 is 1.07 bits per heavy atom. The number of carbonyl (C=O) groups excluding carboxylic acids is 2. The molecule has 3 aromatic rings. The zero-order chi connectivity index (χ0) is 19.3. The molecular formula is C19H14FN3O3S. The lowest BCUT2D eigenvalue weighted by Gasteiger charge is -2.16. The summed E-state index contributed by atoms with van der Waals surface area (Å²) in [5.74, 6) is -1.83. The second-order valence-corrected chi connectivity index (χ2v) is 7.24. The minimum absolute atomic E-state index is 0.152. The van der Waals surface area contributed by atoms with Crippen LogP contribution in [0.3, 0.4) is 0 Å². The third-order valence-corrected chi connectivity index (χ3v) is 5.58. The maximum Gasteiger partial charge on any atom is 0.308 e. The van der Waals surface area contributed by atoms with Crippen LogP contribution in [-0.2, 0) is 16.1 Å². The van der Waals surface area contributed by atoms with E-state index in [2.05, 4.69) is 4.98 Å². The van der Waals surface area contributed by atoms with Crippen molar-refractivity contribution in [1.82, 2.24) is 9.55 Å². The quantitative estimate of drug-likeness (QED) is 0.652. The number of fused-ring (bicyclic) bond motifs is 1. The third kappa shape index (κ3) is 2.69. The fourth-order valence-electron chi connectivity index (χ4n) is 3.01. The smallest absolute Gasteiger partial charge is 0.293 e. The summed E-state index contributed by atoms with van der Waals surface area (Å²) in [5, 5.41) is 0. The number of anilines is 1. The molecule has 0 saturated carbocycles. The molecule has 0 spiro atoms. The summed E-state index contributed by atoms with van der Waals surface area (Å²) in [5.41, 5.74) is 1.55. The highest BCUT2D eigenvalue weighted by Crippen LogP contribution is 2.32. The zero-order valence-corrected chi connectivity index (χ0v) is 15.3. The number of thiazole rings is 1. The number of carbonyl (C=O) groups is 2. The van der Waals surface area contributed by atoms with Gasteiger partial charge in [0.25, 0.3) is 11.8 Å². The van der Waals surface area contributed by atoms with Gasteiger partial charge in [0.1, 0.15) is 5.82 Å². The number of hydrogen-bond donors (Lipinski definition) is 0. The van der Waals surface area contributed by atoms with Crippen LogP contribution < -0.4 is 9.77 Å². The SMILES string of the molecule is CC1=C(C)C(=O)N(c2cc3c(cc2F)sc(=O)n3Cc2ccccn2)C1=O. The molecule has 0 fully saturated rings. The van der Waals surface area contributed by atoms with Crippen LogP contribution in [0.15, 0.2) is 52.5 Å². The second kappa shape index (κ2) is 6.24. The molecule has 0 unspecified atom stereocenters. The third-order valence-electron chi connectivity index (χ3n) is 4.63. The number of rotatable bonds is 3. The average molecular weight is 383 g/mol. The van der Waals surface area contributed by atoms with Gasteiger partial charge in [0.05, 0.1) is 28.1 Å². The summed E-state index contributed by atoms with van der Waals surface area (Å²) in [6, 6.07) is 7.94. The highest BCUT2D eigenvalue weighted by Gasteiger charge is 2.36. The number of nitrogens with zero attached hydrogens (tertiary/aromatic N) is 3. The lowest BCUT2D eigenvalue weighted by atomic mass is 10.2. The van der Waals surface area contributed by atoms with E-state index in [0.29, 0.717) is 15.9 Å². The van der Waals surface area contributed by atoms with Crippen molar-refractivity contribution in [2.24, 2.45) is 0 Å². The van der Waals surface area contributed by atoms with Crippen molar-refractivity contribution < 1.29 is 14.0 Å². The Morgan fingerprint density at radius 3 is 2.41 bits per heavy atom. The van der Waals surface area contributed by atoms with Crippen LogP contribution in [0, 0.1) is 5.82 Å². The van der Waals surface area contributed by atoms with Crippen molar-refractivity contribution in [2.45, 2.75) is 20.4 Å². The fourth-order valence-corrected chi connectivity index (χ4v) is 3.91. The summed E-state index contributed by atoms with van der Waals surface area (Å²) in [4.78, 5) is 42.0. The molecule has 0 saturated heterocycles. The normalized spacial score (nSPS) is 14.7.